The lowest BCUT2D eigenvalue weighted by atomic mass is 10.1. The number of carbonyl (C=O) groups is 2. The maximum Gasteiger partial charge on any atom is 0.322 e. The normalized spacial score (nSPS) is 9.86. The topological polar surface area (TPSA) is 115 Å². The molecule has 0 bridgehead atoms. The van der Waals surface area contributed by atoms with Crippen molar-refractivity contribution in [1.29, 1.82) is 5.26 Å². The Morgan fingerprint density at radius 2 is 2.10 bits per heavy atom. The number of nitrogens with one attached hydrogen (secondary N) is 2. The molecule has 0 aliphatic heterocycles. The predicted molar refractivity (Wildman–Crippen MR) is 75.6 cm³/mol. The van der Waals surface area contributed by atoms with Crippen molar-refractivity contribution < 1.29 is 14.7 Å². The fraction of sp³-hybridized carbons (Fsp3) is 0.143. The Hall–Kier alpha value is -3.14. The van der Waals surface area contributed by atoms with Gasteiger partial charge in [-0.3, -0.25) is 9.59 Å². The van der Waals surface area contributed by atoms with Gasteiger partial charge in [-0.15, -0.1) is 0 Å². The molecule has 0 fully saturated rings. The van der Waals surface area contributed by atoms with Crippen LogP contribution >= 0.6 is 0 Å². The molecule has 0 unspecified atom stereocenters. The molecule has 0 aliphatic carbocycles. The number of amides is 1. The zero-order valence-corrected chi connectivity index (χ0v) is 11.0. The van der Waals surface area contributed by atoms with Crippen molar-refractivity contribution in [3.8, 4) is 6.07 Å². The van der Waals surface area contributed by atoms with Gasteiger partial charge in [0.25, 0.3) is 0 Å². The minimum absolute atomic E-state index is 0.126. The third-order valence-electron chi connectivity index (χ3n) is 2.76. The number of anilines is 1. The molecule has 106 valence electrons. The van der Waals surface area contributed by atoms with Crippen LogP contribution in [0.2, 0.25) is 0 Å². The number of carbonyl (C=O) groups excluding carboxylic acids is 1. The maximum absolute atomic E-state index is 11.5. The molecule has 1 aromatic carbocycles. The van der Waals surface area contributed by atoms with Gasteiger partial charge in [0.1, 0.15) is 12.4 Å². The number of carboxylic acid groups (broad SMARTS) is 1. The fourth-order valence-corrected chi connectivity index (χ4v) is 1.86. The molecule has 0 spiro atoms. The highest BCUT2D eigenvalue weighted by molar-refractivity contribution is 5.97. The first-order valence-corrected chi connectivity index (χ1v) is 6.12. The number of rotatable bonds is 5. The van der Waals surface area contributed by atoms with Crippen LogP contribution in [0, 0.1) is 11.3 Å². The Morgan fingerprint density at radius 3 is 2.81 bits per heavy atom. The second-order valence-corrected chi connectivity index (χ2v) is 4.20. The van der Waals surface area contributed by atoms with Gasteiger partial charge in [-0.25, -0.2) is 4.98 Å². The first kappa shape index (κ1) is 14.3. The number of pyridine rings is 1. The largest absolute Gasteiger partial charge is 0.480 e. The van der Waals surface area contributed by atoms with Crippen molar-refractivity contribution >= 4 is 28.5 Å². The van der Waals surface area contributed by atoms with E-state index in [2.05, 4.69) is 21.7 Å². The number of hydrogen-bond donors (Lipinski definition) is 3. The lowest BCUT2D eigenvalue weighted by molar-refractivity contribution is -0.137. The van der Waals surface area contributed by atoms with Gasteiger partial charge in [0.05, 0.1) is 18.2 Å². The number of carboxylic acids is 1. The van der Waals surface area contributed by atoms with E-state index in [9.17, 15) is 9.59 Å². The molecule has 2 rings (SSSR count). The Morgan fingerprint density at radius 1 is 1.29 bits per heavy atom. The van der Waals surface area contributed by atoms with Gasteiger partial charge in [-0.1, -0.05) is 12.1 Å². The highest BCUT2D eigenvalue weighted by atomic mass is 16.4. The number of aromatic nitrogens is 1. The SMILES string of the molecule is N#Cc1cccc2ccnc(NCC(=O)NCC(=O)O)c12. The average molecular weight is 284 g/mol. The zero-order chi connectivity index (χ0) is 15.2. The van der Waals surface area contributed by atoms with Gasteiger partial charge in [-0.2, -0.15) is 5.26 Å². The van der Waals surface area contributed by atoms with E-state index in [1.165, 1.54) is 0 Å². The molecule has 0 saturated carbocycles. The van der Waals surface area contributed by atoms with Crippen molar-refractivity contribution in [3.05, 3.63) is 36.0 Å². The summed E-state index contributed by atoms with van der Waals surface area (Å²) in [5.74, 6) is -1.17. The third-order valence-corrected chi connectivity index (χ3v) is 2.76. The lowest BCUT2D eigenvalue weighted by Crippen LogP contribution is -2.34. The van der Waals surface area contributed by atoms with Crippen molar-refractivity contribution in [1.82, 2.24) is 10.3 Å². The summed E-state index contributed by atoms with van der Waals surface area (Å²) in [7, 11) is 0. The molecule has 1 amide bonds. The first-order chi connectivity index (χ1) is 10.1. The van der Waals surface area contributed by atoms with Crippen molar-refractivity contribution in [2.75, 3.05) is 18.4 Å². The summed E-state index contributed by atoms with van der Waals surface area (Å²) in [6, 6.07) is 9.12. The summed E-state index contributed by atoms with van der Waals surface area (Å²) in [6.45, 7) is -0.563. The summed E-state index contributed by atoms with van der Waals surface area (Å²) in [4.78, 5) is 26.0. The van der Waals surface area contributed by atoms with Crippen LogP contribution in [-0.4, -0.2) is 35.1 Å². The molecule has 7 nitrogen and oxygen atoms in total. The van der Waals surface area contributed by atoms with E-state index in [0.29, 0.717) is 16.8 Å². The summed E-state index contributed by atoms with van der Waals surface area (Å²) < 4.78 is 0. The van der Waals surface area contributed by atoms with E-state index < -0.39 is 18.4 Å². The lowest BCUT2D eigenvalue weighted by Gasteiger charge is -2.09. The van der Waals surface area contributed by atoms with Crippen molar-refractivity contribution in [3.63, 3.8) is 0 Å². The number of nitrogens with zero attached hydrogens (tertiary/aromatic N) is 2. The smallest absolute Gasteiger partial charge is 0.322 e. The summed E-state index contributed by atoms with van der Waals surface area (Å²) in [6.07, 6.45) is 1.57. The van der Waals surface area contributed by atoms with E-state index in [0.717, 1.165) is 5.39 Å². The molecule has 0 saturated heterocycles. The van der Waals surface area contributed by atoms with Gasteiger partial charge < -0.3 is 15.7 Å². The van der Waals surface area contributed by atoms with E-state index in [4.69, 9.17) is 10.4 Å². The Kier molecular flexibility index (Phi) is 4.31. The zero-order valence-electron chi connectivity index (χ0n) is 11.0. The Balaban J connectivity index is 2.18. The first-order valence-electron chi connectivity index (χ1n) is 6.12. The molecule has 0 atom stereocenters. The molecule has 1 aromatic heterocycles. The van der Waals surface area contributed by atoms with Gasteiger partial charge in [0.15, 0.2) is 0 Å². The molecular formula is C14H12N4O3. The van der Waals surface area contributed by atoms with E-state index in [1.807, 2.05) is 6.07 Å². The molecular weight excluding hydrogens is 272 g/mol. The summed E-state index contributed by atoms with van der Waals surface area (Å²) in [5.41, 5.74) is 0.453. The van der Waals surface area contributed by atoms with Crippen molar-refractivity contribution in [2.24, 2.45) is 0 Å². The predicted octanol–water partition coefficient (Wildman–Crippen LogP) is 0.719. The minimum Gasteiger partial charge on any atom is -0.480 e. The van der Waals surface area contributed by atoms with Crippen LogP contribution in [0.1, 0.15) is 5.56 Å². The van der Waals surface area contributed by atoms with Crippen LogP contribution in [0.15, 0.2) is 30.5 Å². The molecule has 21 heavy (non-hydrogen) atoms. The quantitative estimate of drug-likeness (QED) is 0.745. The number of aliphatic carboxylic acids is 1. The van der Waals surface area contributed by atoms with Crippen LogP contribution in [-0.2, 0) is 9.59 Å². The number of nitriles is 1. The number of hydrogen-bond acceptors (Lipinski definition) is 5. The minimum atomic E-state index is -1.11. The van der Waals surface area contributed by atoms with E-state index in [1.54, 1.807) is 24.4 Å². The van der Waals surface area contributed by atoms with Crippen LogP contribution < -0.4 is 10.6 Å². The van der Waals surface area contributed by atoms with Crippen molar-refractivity contribution in [2.45, 2.75) is 0 Å². The van der Waals surface area contributed by atoms with E-state index in [-0.39, 0.29) is 6.54 Å². The van der Waals surface area contributed by atoms with Gasteiger partial charge >= 0.3 is 5.97 Å². The summed E-state index contributed by atoms with van der Waals surface area (Å²) >= 11 is 0. The second-order valence-electron chi connectivity index (χ2n) is 4.20. The van der Waals surface area contributed by atoms with Gasteiger partial charge in [-0.05, 0) is 17.5 Å². The standard InChI is InChI=1S/C14H12N4O3/c15-6-10-3-1-2-9-4-5-16-14(13(9)10)18-7-11(19)17-8-12(20)21/h1-5H,7-8H2,(H,16,18)(H,17,19)(H,20,21). The Bertz CT molecular complexity index is 731. The van der Waals surface area contributed by atoms with Gasteiger partial charge in [0, 0.05) is 11.6 Å². The molecule has 2 aromatic rings. The number of fused-ring (bicyclic) bond motifs is 1. The second kappa shape index (κ2) is 6.34. The van der Waals surface area contributed by atoms with Gasteiger partial charge in [0.2, 0.25) is 5.91 Å². The summed E-state index contributed by atoms with van der Waals surface area (Å²) in [5, 5.41) is 24.1. The van der Waals surface area contributed by atoms with E-state index >= 15 is 0 Å². The third kappa shape index (κ3) is 3.45. The molecule has 0 aliphatic rings. The monoisotopic (exact) mass is 284 g/mol. The maximum atomic E-state index is 11.5. The fourth-order valence-electron chi connectivity index (χ4n) is 1.86. The molecule has 0 radical (unpaired) electrons. The number of benzene rings is 1. The Labute approximate surface area is 120 Å². The molecule has 3 N–H and O–H groups in total. The highest BCUT2D eigenvalue weighted by Crippen LogP contribution is 2.24. The van der Waals surface area contributed by atoms with Crippen LogP contribution in [0.4, 0.5) is 5.82 Å². The van der Waals surface area contributed by atoms with Crippen LogP contribution in [0.5, 0.6) is 0 Å². The van der Waals surface area contributed by atoms with Crippen LogP contribution in [0.25, 0.3) is 10.8 Å². The molecule has 1 heterocycles. The van der Waals surface area contributed by atoms with Crippen LogP contribution in [0.3, 0.4) is 0 Å². The highest BCUT2D eigenvalue weighted by Gasteiger charge is 2.09. The molecule has 7 heteroatoms. The average Bonchev–Trinajstić information content (AvgIpc) is 2.50.